The molecule has 2 aromatic rings. The van der Waals surface area contributed by atoms with Crippen LogP contribution in [0.5, 0.6) is 0 Å². The molecule has 1 aromatic heterocycles. The van der Waals surface area contributed by atoms with Gasteiger partial charge in [-0.05, 0) is 22.6 Å². The molecule has 0 fully saturated rings. The Morgan fingerprint density at radius 1 is 1.41 bits per heavy atom. The summed E-state index contributed by atoms with van der Waals surface area (Å²) < 4.78 is 50.8. The lowest BCUT2D eigenvalue weighted by Crippen LogP contribution is -2.05. The zero-order chi connectivity index (χ0) is 13.0. The smallest absolute Gasteiger partial charge is 0.228 e. The number of fused-ring (bicyclic) bond motifs is 1. The zero-order valence-electron chi connectivity index (χ0n) is 8.83. The standard InChI is InChI=1S/C9H7F2IN2O2S/c1-14-5-3-4(10)7(12)6(11)8(5)13-9(14)17(2,15)16/h3H,1-2H3. The van der Waals surface area contributed by atoms with E-state index < -0.39 is 21.5 Å². The van der Waals surface area contributed by atoms with Crippen LogP contribution in [0.3, 0.4) is 0 Å². The van der Waals surface area contributed by atoms with E-state index in [1.807, 2.05) is 0 Å². The number of aromatic nitrogens is 2. The molecule has 92 valence electrons. The van der Waals surface area contributed by atoms with Gasteiger partial charge in [-0.15, -0.1) is 0 Å². The van der Waals surface area contributed by atoms with Gasteiger partial charge < -0.3 is 4.57 Å². The van der Waals surface area contributed by atoms with Crippen molar-refractivity contribution in [1.29, 1.82) is 0 Å². The minimum Gasteiger partial charge on any atom is -0.318 e. The van der Waals surface area contributed by atoms with E-state index in [4.69, 9.17) is 0 Å². The third-order valence-corrected chi connectivity index (χ3v) is 4.32. The fraction of sp³-hybridized carbons (Fsp3) is 0.222. The average molecular weight is 372 g/mol. The van der Waals surface area contributed by atoms with Crippen molar-refractivity contribution < 1.29 is 17.2 Å². The van der Waals surface area contributed by atoms with E-state index in [1.165, 1.54) is 29.6 Å². The van der Waals surface area contributed by atoms with Crippen LogP contribution in [0.2, 0.25) is 0 Å². The maximum atomic E-state index is 13.7. The maximum absolute atomic E-state index is 13.7. The number of benzene rings is 1. The number of nitrogens with zero attached hydrogens (tertiary/aromatic N) is 2. The SMILES string of the molecule is Cn1c(S(C)(=O)=O)nc2c(F)c(I)c(F)cc21. The number of hydrogen-bond donors (Lipinski definition) is 0. The van der Waals surface area contributed by atoms with Crippen LogP contribution in [0, 0.1) is 15.2 Å². The molecule has 0 saturated heterocycles. The van der Waals surface area contributed by atoms with Crippen molar-refractivity contribution in [3.8, 4) is 0 Å². The molecule has 0 unspecified atom stereocenters. The first kappa shape index (κ1) is 12.7. The molecule has 17 heavy (non-hydrogen) atoms. The van der Waals surface area contributed by atoms with Gasteiger partial charge in [0.1, 0.15) is 11.3 Å². The summed E-state index contributed by atoms with van der Waals surface area (Å²) in [5.74, 6) is -1.58. The number of aryl methyl sites for hydroxylation is 1. The first-order valence-electron chi connectivity index (χ1n) is 4.43. The van der Waals surface area contributed by atoms with Crippen LogP contribution in [0.25, 0.3) is 11.0 Å². The molecule has 0 N–H and O–H groups in total. The van der Waals surface area contributed by atoms with Crippen LogP contribution < -0.4 is 0 Å². The minimum atomic E-state index is -3.58. The van der Waals surface area contributed by atoms with Crippen LogP contribution >= 0.6 is 22.6 Å². The van der Waals surface area contributed by atoms with Crippen molar-refractivity contribution in [2.24, 2.45) is 7.05 Å². The van der Waals surface area contributed by atoms with Crippen LogP contribution in [0.15, 0.2) is 11.2 Å². The van der Waals surface area contributed by atoms with Crippen LogP contribution in [-0.4, -0.2) is 24.2 Å². The Labute approximate surface area is 110 Å². The molecular formula is C9H7F2IN2O2S. The molecule has 0 atom stereocenters. The molecule has 0 aliphatic heterocycles. The highest BCUT2D eigenvalue weighted by Crippen LogP contribution is 2.26. The van der Waals surface area contributed by atoms with Crippen molar-refractivity contribution in [3.63, 3.8) is 0 Å². The molecule has 8 heteroatoms. The van der Waals surface area contributed by atoms with Gasteiger partial charge in [-0.25, -0.2) is 22.2 Å². The van der Waals surface area contributed by atoms with Gasteiger partial charge in [0.05, 0.1) is 9.09 Å². The fourth-order valence-corrected chi connectivity index (χ4v) is 2.80. The summed E-state index contributed by atoms with van der Waals surface area (Å²) >= 11 is 1.51. The number of hydrogen-bond acceptors (Lipinski definition) is 3. The fourth-order valence-electron chi connectivity index (χ4n) is 1.54. The number of rotatable bonds is 1. The van der Waals surface area contributed by atoms with Crippen molar-refractivity contribution in [2.45, 2.75) is 5.16 Å². The van der Waals surface area contributed by atoms with E-state index in [0.717, 1.165) is 16.9 Å². The summed E-state index contributed by atoms with van der Waals surface area (Å²) in [5, 5.41) is -0.284. The Morgan fingerprint density at radius 3 is 2.53 bits per heavy atom. The summed E-state index contributed by atoms with van der Waals surface area (Å²) in [6, 6.07) is 1.07. The third-order valence-electron chi connectivity index (χ3n) is 2.30. The summed E-state index contributed by atoms with van der Waals surface area (Å²) in [6.45, 7) is 0. The molecule has 0 aliphatic rings. The highest BCUT2D eigenvalue weighted by Gasteiger charge is 2.22. The lowest BCUT2D eigenvalue weighted by atomic mass is 10.3. The van der Waals surface area contributed by atoms with Crippen LogP contribution in [0.1, 0.15) is 0 Å². The molecule has 2 rings (SSSR count). The molecule has 0 aliphatic carbocycles. The lowest BCUT2D eigenvalue weighted by Gasteiger charge is -2.00. The van der Waals surface area contributed by atoms with Crippen molar-refractivity contribution in [2.75, 3.05) is 6.26 Å². The molecule has 0 radical (unpaired) electrons. The third kappa shape index (κ3) is 1.92. The first-order valence-corrected chi connectivity index (χ1v) is 7.40. The largest absolute Gasteiger partial charge is 0.318 e. The number of halogens is 3. The van der Waals surface area contributed by atoms with Crippen molar-refractivity contribution in [3.05, 3.63) is 21.3 Å². The molecule has 4 nitrogen and oxygen atoms in total. The Hall–Kier alpha value is -0.770. The van der Waals surface area contributed by atoms with Crippen LogP contribution in [-0.2, 0) is 16.9 Å². The van der Waals surface area contributed by atoms with E-state index in [2.05, 4.69) is 4.98 Å². The highest BCUT2D eigenvalue weighted by atomic mass is 127. The van der Waals surface area contributed by atoms with Gasteiger partial charge in [0.15, 0.2) is 5.82 Å². The second kappa shape index (κ2) is 3.87. The topological polar surface area (TPSA) is 52.0 Å². The van der Waals surface area contributed by atoms with Gasteiger partial charge in [-0.1, -0.05) is 0 Å². The summed E-state index contributed by atoms with van der Waals surface area (Å²) in [4.78, 5) is 3.71. The Morgan fingerprint density at radius 2 is 2.00 bits per heavy atom. The monoisotopic (exact) mass is 372 g/mol. The number of imidazole rings is 1. The van der Waals surface area contributed by atoms with Gasteiger partial charge in [0.2, 0.25) is 15.0 Å². The van der Waals surface area contributed by atoms with Gasteiger partial charge in [-0.2, -0.15) is 0 Å². The average Bonchev–Trinajstić information content (AvgIpc) is 2.53. The molecule has 1 heterocycles. The quantitative estimate of drug-likeness (QED) is 0.567. The van der Waals surface area contributed by atoms with Gasteiger partial charge in [0, 0.05) is 19.4 Å². The van der Waals surface area contributed by atoms with E-state index in [9.17, 15) is 17.2 Å². The number of sulfone groups is 1. The summed E-state index contributed by atoms with van der Waals surface area (Å²) in [5.41, 5.74) is -0.0282. The summed E-state index contributed by atoms with van der Waals surface area (Å²) in [6.07, 6.45) is 0.966. The van der Waals surface area contributed by atoms with E-state index in [-0.39, 0.29) is 19.8 Å². The maximum Gasteiger partial charge on any atom is 0.228 e. The van der Waals surface area contributed by atoms with E-state index >= 15 is 0 Å². The molecule has 1 aromatic carbocycles. The molecule has 0 spiro atoms. The lowest BCUT2D eigenvalue weighted by molar-refractivity contribution is 0.577. The molecule has 0 bridgehead atoms. The van der Waals surface area contributed by atoms with Gasteiger partial charge in [0.25, 0.3) is 0 Å². The second-order valence-corrected chi connectivity index (χ2v) is 6.57. The van der Waals surface area contributed by atoms with Crippen molar-refractivity contribution in [1.82, 2.24) is 9.55 Å². The minimum absolute atomic E-state index is 0.112. The van der Waals surface area contributed by atoms with Gasteiger partial charge >= 0.3 is 0 Å². The van der Waals surface area contributed by atoms with Gasteiger partial charge in [-0.3, -0.25) is 0 Å². The Balaban J connectivity index is 2.98. The van der Waals surface area contributed by atoms with E-state index in [0.29, 0.717) is 0 Å². The predicted molar refractivity (Wildman–Crippen MR) is 66.5 cm³/mol. The molecular weight excluding hydrogens is 365 g/mol. The first-order chi connectivity index (χ1) is 7.73. The predicted octanol–water partition coefficient (Wildman–Crippen LogP) is 1.86. The Kier molecular flexibility index (Phi) is 2.89. The highest BCUT2D eigenvalue weighted by molar-refractivity contribution is 14.1. The normalized spacial score (nSPS) is 12.3. The molecule has 0 saturated carbocycles. The van der Waals surface area contributed by atoms with E-state index in [1.54, 1.807) is 0 Å². The zero-order valence-corrected chi connectivity index (χ0v) is 11.8. The second-order valence-electron chi connectivity index (χ2n) is 3.58. The van der Waals surface area contributed by atoms with Crippen LogP contribution in [0.4, 0.5) is 8.78 Å². The Bertz CT molecular complexity index is 724. The molecule has 0 amide bonds. The van der Waals surface area contributed by atoms with Crippen molar-refractivity contribution >= 4 is 43.5 Å². The summed E-state index contributed by atoms with van der Waals surface area (Å²) in [7, 11) is -2.18.